The lowest BCUT2D eigenvalue weighted by Crippen LogP contribution is -2.50. The highest BCUT2D eigenvalue weighted by molar-refractivity contribution is 9.10. The van der Waals surface area contributed by atoms with Crippen LogP contribution >= 0.6 is 15.9 Å². The summed E-state index contributed by atoms with van der Waals surface area (Å²) in [4.78, 5) is 17.3. The van der Waals surface area contributed by atoms with Gasteiger partial charge in [-0.1, -0.05) is 48.8 Å². The van der Waals surface area contributed by atoms with Gasteiger partial charge in [0.1, 0.15) is 5.82 Å². The first-order chi connectivity index (χ1) is 15.9. The molecule has 0 radical (unpaired) electrons. The van der Waals surface area contributed by atoms with E-state index in [1.807, 2.05) is 25.7 Å². The van der Waals surface area contributed by atoms with Gasteiger partial charge in [-0.2, -0.15) is 4.31 Å². The molecule has 1 aliphatic rings. The van der Waals surface area contributed by atoms with Gasteiger partial charge >= 0.3 is 0 Å². The van der Waals surface area contributed by atoms with Gasteiger partial charge in [0.15, 0.2) is 0 Å². The fraction of sp³-hybridized carbons (Fsp3) is 0.480. The highest BCUT2D eigenvalue weighted by Gasteiger charge is 2.29. The summed E-state index contributed by atoms with van der Waals surface area (Å²) in [6, 6.07) is 12.9. The monoisotopic (exact) mass is 553 g/mol. The molecule has 0 aliphatic carbocycles. The summed E-state index contributed by atoms with van der Waals surface area (Å²) in [6.07, 6.45) is 0.424. The smallest absolute Gasteiger partial charge is 0.243 e. The second-order valence-electron chi connectivity index (χ2n) is 9.88. The van der Waals surface area contributed by atoms with Crippen LogP contribution in [0, 0.1) is 11.2 Å². The molecule has 1 amide bonds. The van der Waals surface area contributed by atoms with Crippen molar-refractivity contribution in [3.63, 3.8) is 0 Å². The maximum Gasteiger partial charge on any atom is 0.243 e. The molecule has 0 N–H and O–H groups in total. The van der Waals surface area contributed by atoms with Crippen LogP contribution in [0.25, 0.3) is 0 Å². The zero-order valence-electron chi connectivity index (χ0n) is 20.0. The second-order valence-corrected chi connectivity index (χ2v) is 12.7. The average Bonchev–Trinajstić information content (AvgIpc) is 2.77. The average molecular weight is 555 g/mol. The molecule has 3 rings (SSSR count). The first-order valence-corrected chi connectivity index (χ1v) is 13.7. The molecule has 0 atom stereocenters. The normalized spacial score (nSPS) is 15.9. The van der Waals surface area contributed by atoms with Crippen LogP contribution in [0.5, 0.6) is 0 Å². The number of rotatable bonds is 8. The van der Waals surface area contributed by atoms with Gasteiger partial charge in [-0.05, 0) is 47.4 Å². The Bertz CT molecular complexity index is 1060. The molecule has 0 saturated carbocycles. The zero-order valence-corrected chi connectivity index (χ0v) is 22.4. The van der Waals surface area contributed by atoms with E-state index in [-0.39, 0.29) is 17.1 Å². The molecule has 0 unspecified atom stereocenters. The van der Waals surface area contributed by atoms with Gasteiger partial charge in [-0.3, -0.25) is 9.69 Å². The minimum Gasteiger partial charge on any atom is -0.337 e. The molecule has 1 heterocycles. The summed E-state index contributed by atoms with van der Waals surface area (Å²) in [5.74, 6) is -0.236. The number of benzene rings is 2. The lowest BCUT2D eigenvalue weighted by Gasteiger charge is -2.35. The SMILES string of the molecule is CC(C)(C)CC(=O)N(CCN1CCN(S(=O)(=O)c2ccc(Br)cc2)CC1)Cc1ccc(F)cc1. The van der Waals surface area contributed by atoms with E-state index in [2.05, 4.69) is 20.8 Å². The maximum atomic E-state index is 13.3. The molecule has 9 heteroatoms. The third-order valence-corrected chi connectivity index (χ3v) is 8.23. The Morgan fingerprint density at radius 3 is 2.15 bits per heavy atom. The first kappa shape index (κ1) is 26.8. The number of hydrogen-bond acceptors (Lipinski definition) is 4. The van der Waals surface area contributed by atoms with Gasteiger partial charge in [0.2, 0.25) is 15.9 Å². The van der Waals surface area contributed by atoms with Crippen LogP contribution in [0.15, 0.2) is 57.9 Å². The van der Waals surface area contributed by atoms with Gasteiger partial charge in [0.25, 0.3) is 0 Å². The summed E-state index contributed by atoms with van der Waals surface area (Å²) in [7, 11) is -3.52. The number of hydrogen-bond donors (Lipinski definition) is 0. The number of nitrogens with zero attached hydrogens (tertiary/aromatic N) is 3. The molecule has 2 aromatic rings. The highest BCUT2D eigenvalue weighted by atomic mass is 79.9. The topological polar surface area (TPSA) is 60.9 Å². The van der Waals surface area contributed by atoms with Gasteiger partial charge in [0, 0.05) is 56.7 Å². The fourth-order valence-corrected chi connectivity index (χ4v) is 5.57. The molecule has 186 valence electrons. The zero-order chi connectivity index (χ0) is 24.9. The van der Waals surface area contributed by atoms with Crippen LogP contribution in [0.3, 0.4) is 0 Å². The summed E-state index contributed by atoms with van der Waals surface area (Å²) < 4.78 is 41.5. The van der Waals surface area contributed by atoms with Crippen molar-refractivity contribution in [3.05, 3.63) is 64.4 Å². The van der Waals surface area contributed by atoms with Crippen LogP contribution in [0.4, 0.5) is 4.39 Å². The Kier molecular flexibility index (Phi) is 8.89. The first-order valence-electron chi connectivity index (χ1n) is 11.4. The molecule has 1 fully saturated rings. The van der Waals surface area contributed by atoms with Crippen molar-refractivity contribution in [3.8, 4) is 0 Å². The van der Waals surface area contributed by atoms with E-state index in [9.17, 15) is 17.6 Å². The van der Waals surface area contributed by atoms with E-state index in [0.29, 0.717) is 57.1 Å². The molecule has 2 aromatic carbocycles. The van der Waals surface area contributed by atoms with E-state index >= 15 is 0 Å². The standard InChI is InChI=1S/C25H33BrFN3O3S/c1-25(2,3)18-24(31)29(19-20-4-8-22(27)9-5-20)15-12-28-13-16-30(17-14-28)34(32,33)23-10-6-21(26)7-11-23/h4-11H,12-19H2,1-3H3. The number of halogens is 2. The summed E-state index contributed by atoms with van der Waals surface area (Å²) >= 11 is 3.34. The number of carbonyl (C=O) groups is 1. The molecule has 0 aromatic heterocycles. The molecule has 1 aliphatic heterocycles. The van der Waals surface area contributed by atoms with Crippen molar-refractivity contribution in [1.29, 1.82) is 0 Å². The number of carbonyl (C=O) groups excluding carboxylic acids is 1. The maximum absolute atomic E-state index is 13.3. The van der Waals surface area contributed by atoms with E-state index in [4.69, 9.17) is 0 Å². The second kappa shape index (κ2) is 11.3. The van der Waals surface area contributed by atoms with Crippen molar-refractivity contribution >= 4 is 31.9 Å². The van der Waals surface area contributed by atoms with Crippen molar-refractivity contribution in [2.24, 2.45) is 5.41 Å². The van der Waals surface area contributed by atoms with Crippen molar-refractivity contribution < 1.29 is 17.6 Å². The largest absolute Gasteiger partial charge is 0.337 e. The molecule has 1 saturated heterocycles. The third-order valence-electron chi connectivity index (χ3n) is 5.79. The number of amides is 1. The Hall–Kier alpha value is -1.81. The number of piperazine rings is 1. The van der Waals surface area contributed by atoms with Gasteiger partial charge in [0.05, 0.1) is 4.90 Å². The molecule has 34 heavy (non-hydrogen) atoms. The van der Waals surface area contributed by atoms with Crippen molar-refractivity contribution in [2.45, 2.75) is 38.6 Å². The lowest BCUT2D eigenvalue weighted by molar-refractivity contribution is -0.134. The quantitative estimate of drug-likeness (QED) is 0.487. The molecule has 0 bridgehead atoms. The Balaban J connectivity index is 1.59. The van der Waals surface area contributed by atoms with Crippen LogP contribution in [0.1, 0.15) is 32.8 Å². The Labute approximate surface area is 210 Å². The van der Waals surface area contributed by atoms with Gasteiger partial charge < -0.3 is 4.90 Å². The van der Waals surface area contributed by atoms with E-state index < -0.39 is 10.0 Å². The van der Waals surface area contributed by atoms with Gasteiger partial charge in [-0.15, -0.1) is 0 Å². The molecule has 6 nitrogen and oxygen atoms in total. The number of sulfonamides is 1. The lowest BCUT2D eigenvalue weighted by atomic mass is 9.91. The van der Waals surface area contributed by atoms with Crippen molar-refractivity contribution in [1.82, 2.24) is 14.1 Å². The molecular formula is C25H33BrFN3O3S. The van der Waals surface area contributed by atoms with Crippen LogP contribution in [0.2, 0.25) is 0 Å². The van der Waals surface area contributed by atoms with E-state index in [1.54, 1.807) is 36.4 Å². The highest BCUT2D eigenvalue weighted by Crippen LogP contribution is 2.22. The summed E-state index contributed by atoms with van der Waals surface area (Å²) in [6.45, 7) is 9.74. The Morgan fingerprint density at radius 2 is 1.59 bits per heavy atom. The van der Waals surface area contributed by atoms with Gasteiger partial charge in [-0.25, -0.2) is 12.8 Å². The Morgan fingerprint density at radius 1 is 1.00 bits per heavy atom. The van der Waals surface area contributed by atoms with E-state index in [1.165, 1.54) is 16.4 Å². The predicted molar refractivity (Wildman–Crippen MR) is 135 cm³/mol. The predicted octanol–water partition coefficient (Wildman–Crippen LogP) is 4.36. The van der Waals surface area contributed by atoms with Crippen molar-refractivity contribution in [2.75, 3.05) is 39.3 Å². The van der Waals surface area contributed by atoms with Crippen LogP contribution < -0.4 is 0 Å². The summed E-state index contributed by atoms with van der Waals surface area (Å²) in [5.41, 5.74) is 0.750. The minimum absolute atomic E-state index is 0.0632. The fourth-order valence-electron chi connectivity index (χ4n) is 3.88. The van der Waals surface area contributed by atoms with Crippen LogP contribution in [-0.4, -0.2) is 67.7 Å². The third kappa shape index (κ3) is 7.60. The van der Waals surface area contributed by atoms with Crippen LogP contribution in [-0.2, 0) is 21.4 Å². The molecular weight excluding hydrogens is 521 g/mol. The minimum atomic E-state index is -3.52. The van der Waals surface area contributed by atoms with E-state index in [0.717, 1.165) is 10.0 Å². The summed E-state index contributed by atoms with van der Waals surface area (Å²) in [5, 5.41) is 0. The molecule has 0 spiro atoms.